The molecule has 1 aromatic carbocycles. The van der Waals surface area contributed by atoms with Crippen LogP contribution in [0.5, 0.6) is 5.75 Å². The third-order valence-corrected chi connectivity index (χ3v) is 4.49. The van der Waals surface area contributed by atoms with Gasteiger partial charge in [0, 0.05) is 12.1 Å². The van der Waals surface area contributed by atoms with Gasteiger partial charge in [-0.25, -0.2) is 0 Å². The second-order valence-electron chi connectivity index (χ2n) is 6.74. The molecule has 2 saturated carbocycles. The van der Waals surface area contributed by atoms with Crippen molar-refractivity contribution in [1.29, 1.82) is 0 Å². The molecule has 3 rings (SSSR count). The Morgan fingerprint density at radius 1 is 1.10 bits per heavy atom. The van der Waals surface area contributed by atoms with Gasteiger partial charge < -0.3 is 10.1 Å². The Bertz CT molecular complexity index is 423. The number of para-hydroxylation sites is 1. The summed E-state index contributed by atoms with van der Waals surface area (Å²) in [5.74, 6) is 4.02. The molecular formula is C18H27NO. The van der Waals surface area contributed by atoms with Gasteiger partial charge in [0.15, 0.2) is 0 Å². The fraction of sp³-hybridized carbons (Fsp3) is 0.667. The van der Waals surface area contributed by atoms with E-state index in [1.165, 1.54) is 37.8 Å². The SMILES string of the molecule is CC(C)Oc1ccccc1CNCC(C1CC1)C1CC1. The van der Waals surface area contributed by atoms with Gasteiger partial charge >= 0.3 is 0 Å². The van der Waals surface area contributed by atoms with Crippen LogP contribution in [0.2, 0.25) is 0 Å². The van der Waals surface area contributed by atoms with E-state index in [4.69, 9.17) is 4.74 Å². The lowest BCUT2D eigenvalue weighted by molar-refractivity contribution is 0.239. The van der Waals surface area contributed by atoms with Crippen LogP contribution in [0.3, 0.4) is 0 Å². The van der Waals surface area contributed by atoms with Crippen LogP contribution in [-0.2, 0) is 6.54 Å². The predicted molar refractivity (Wildman–Crippen MR) is 82.9 cm³/mol. The zero-order valence-corrected chi connectivity index (χ0v) is 12.8. The molecule has 2 fully saturated rings. The molecule has 0 spiro atoms. The first-order chi connectivity index (χ1) is 9.74. The Hall–Kier alpha value is -1.02. The first kappa shape index (κ1) is 13.9. The number of benzene rings is 1. The van der Waals surface area contributed by atoms with Crippen molar-refractivity contribution in [2.24, 2.45) is 17.8 Å². The molecule has 0 heterocycles. The van der Waals surface area contributed by atoms with Gasteiger partial charge in [0.05, 0.1) is 6.10 Å². The maximum atomic E-state index is 5.88. The molecule has 2 nitrogen and oxygen atoms in total. The van der Waals surface area contributed by atoms with Gasteiger partial charge in [-0.1, -0.05) is 18.2 Å². The minimum Gasteiger partial charge on any atom is -0.491 e. The Balaban J connectivity index is 1.52. The zero-order chi connectivity index (χ0) is 13.9. The highest BCUT2D eigenvalue weighted by Crippen LogP contribution is 2.48. The maximum absolute atomic E-state index is 5.88. The predicted octanol–water partition coefficient (Wildman–Crippen LogP) is 4.00. The molecule has 0 bridgehead atoms. The second-order valence-corrected chi connectivity index (χ2v) is 6.74. The summed E-state index contributed by atoms with van der Waals surface area (Å²) in [6, 6.07) is 8.41. The van der Waals surface area contributed by atoms with Crippen LogP contribution < -0.4 is 10.1 Å². The van der Waals surface area contributed by atoms with Crippen molar-refractivity contribution in [2.45, 2.75) is 52.2 Å². The molecule has 2 heteroatoms. The summed E-state index contributed by atoms with van der Waals surface area (Å²) in [5, 5.41) is 3.68. The van der Waals surface area contributed by atoms with E-state index >= 15 is 0 Å². The molecule has 1 aromatic rings. The number of hydrogen-bond acceptors (Lipinski definition) is 2. The monoisotopic (exact) mass is 273 g/mol. The Morgan fingerprint density at radius 3 is 2.35 bits per heavy atom. The molecule has 0 aliphatic heterocycles. The molecule has 110 valence electrons. The molecular weight excluding hydrogens is 246 g/mol. The Labute approximate surface area is 122 Å². The summed E-state index contributed by atoms with van der Waals surface area (Å²) >= 11 is 0. The van der Waals surface area contributed by atoms with Gasteiger partial charge in [0.25, 0.3) is 0 Å². The lowest BCUT2D eigenvalue weighted by Crippen LogP contribution is -2.25. The van der Waals surface area contributed by atoms with E-state index in [9.17, 15) is 0 Å². The summed E-state index contributed by atoms with van der Waals surface area (Å²) in [4.78, 5) is 0. The van der Waals surface area contributed by atoms with Gasteiger partial charge in [-0.2, -0.15) is 0 Å². The van der Waals surface area contributed by atoms with E-state index in [2.05, 4.69) is 43.4 Å². The van der Waals surface area contributed by atoms with E-state index in [1.807, 2.05) is 0 Å². The zero-order valence-electron chi connectivity index (χ0n) is 12.8. The fourth-order valence-electron chi connectivity index (χ4n) is 3.16. The number of nitrogens with one attached hydrogen (secondary N) is 1. The van der Waals surface area contributed by atoms with E-state index in [0.717, 1.165) is 30.0 Å². The van der Waals surface area contributed by atoms with Crippen molar-refractivity contribution >= 4 is 0 Å². The van der Waals surface area contributed by atoms with Crippen LogP contribution in [0, 0.1) is 17.8 Å². The maximum Gasteiger partial charge on any atom is 0.124 e. The Morgan fingerprint density at radius 2 is 1.75 bits per heavy atom. The molecule has 1 N–H and O–H groups in total. The molecule has 0 aromatic heterocycles. The van der Waals surface area contributed by atoms with Crippen LogP contribution in [-0.4, -0.2) is 12.6 Å². The topological polar surface area (TPSA) is 21.3 Å². The molecule has 0 atom stereocenters. The summed E-state index contributed by atoms with van der Waals surface area (Å²) in [7, 11) is 0. The minimum absolute atomic E-state index is 0.238. The number of rotatable bonds is 8. The second kappa shape index (κ2) is 6.17. The van der Waals surface area contributed by atoms with E-state index in [-0.39, 0.29) is 6.10 Å². The van der Waals surface area contributed by atoms with Crippen molar-refractivity contribution in [3.63, 3.8) is 0 Å². The quantitative estimate of drug-likeness (QED) is 0.773. The summed E-state index contributed by atoms with van der Waals surface area (Å²) in [6.07, 6.45) is 6.11. The number of ether oxygens (including phenoxy) is 1. The van der Waals surface area contributed by atoms with Gasteiger partial charge in [0.1, 0.15) is 5.75 Å². The third-order valence-electron chi connectivity index (χ3n) is 4.49. The van der Waals surface area contributed by atoms with Crippen molar-refractivity contribution in [1.82, 2.24) is 5.32 Å². The van der Waals surface area contributed by atoms with E-state index in [0.29, 0.717) is 0 Å². The van der Waals surface area contributed by atoms with Gasteiger partial charge in [-0.05, 0) is 69.9 Å². The first-order valence-corrected chi connectivity index (χ1v) is 8.19. The normalized spacial score (nSPS) is 18.8. The van der Waals surface area contributed by atoms with Crippen LogP contribution >= 0.6 is 0 Å². The van der Waals surface area contributed by atoms with Gasteiger partial charge in [-0.3, -0.25) is 0 Å². The Kier molecular flexibility index (Phi) is 4.30. The number of hydrogen-bond donors (Lipinski definition) is 1. The molecule has 2 aliphatic rings. The smallest absolute Gasteiger partial charge is 0.124 e. The summed E-state index contributed by atoms with van der Waals surface area (Å²) in [5.41, 5.74) is 1.28. The lowest BCUT2D eigenvalue weighted by atomic mass is 9.98. The molecule has 2 aliphatic carbocycles. The van der Waals surface area contributed by atoms with E-state index < -0.39 is 0 Å². The molecule has 0 amide bonds. The lowest BCUT2D eigenvalue weighted by Gasteiger charge is -2.18. The summed E-state index contributed by atoms with van der Waals surface area (Å²) in [6.45, 7) is 6.28. The van der Waals surface area contributed by atoms with Crippen LogP contribution in [0.1, 0.15) is 45.1 Å². The van der Waals surface area contributed by atoms with Gasteiger partial charge in [-0.15, -0.1) is 0 Å². The largest absolute Gasteiger partial charge is 0.491 e. The van der Waals surface area contributed by atoms with Crippen molar-refractivity contribution < 1.29 is 4.74 Å². The van der Waals surface area contributed by atoms with Crippen molar-refractivity contribution in [3.8, 4) is 5.75 Å². The van der Waals surface area contributed by atoms with Crippen LogP contribution in [0.25, 0.3) is 0 Å². The first-order valence-electron chi connectivity index (χ1n) is 8.19. The van der Waals surface area contributed by atoms with Crippen LogP contribution in [0.15, 0.2) is 24.3 Å². The third kappa shape index (κ3) is 3.76. The highest BCUT2D eigenvalue weighted by atomic mass is 16.5. The highest BCUT2D eigenvalue weighted by molar-refractivity contribution is 5.33. The van der Waals surface area contributed by atoms with Gasteiger partial charge in [0.2, 0.25) is 0 Å². The van der Waals surface area contributed by atoms with Crippen molar-refractivity contribution in [3.05, 3.63) is 29.8 Å². The average molecular weight is 273 g/mol. The fourth-order valence-corrected chi connectivity index (χ4v) is 3.16. The molecule has 0 radical (unpaired) electrons. The van der Waals surface area contributed by atoms with Crippen LogP contribution in [0.4, 0.5) is 0 Å². The highest BCUT2D eigenvalue weighted by Gasteiger charge is 2.40. The summed E-state index contributed by atoms with van der Waals surface area (Å²) < 4.78 is 5.88. The molecule has 0 unspecified atom stereocenters. The molecule has 0 saturated heterocycles. The average Bonchev–Trinajstić information content (AvgIpc) is 3.27. The van der Waals surface area contributed by atoms with E-state index in [1.54, 1.807) is 0 Å². The molecule has 20 heavy (non-hydrogen) atoms. The standard InChI is InChI=1S/C18H27NO/c1-13(2)20-18-6-4-3-5-16(18)11-19-12-17(14-7-8-14)15-9-10-15/h3-6,13-15,17,19H,7-12H2,1-2H3. The van der Waals surface area contributed by atoms with Crippen molar-refractivity contribution in [2.75, 3.05) is 6.54 Å². The minimum atomic E-state index is 0.238.